The first-order chi connectivity index (χ1) is 11.7. The Morgan fingerprint density at radius 2 is 1.96 bits per heavy atom. The maximum Gasteiger partial charge on any atom is 0.161 e. The minimum absolute atomic E-state index is 0.000656. The Labute approximate surface area is 146 Å². The predicted octanol–water partition coefficient (Wildman–Crippen LogP) is 1.24. The van der Waals surface area contributed by atoms with Crippen LogP contribution >= 0.6 is 0 Å². The SMILES string of the molecule is Cc1ccc(O)c(O)c1CC(O)C1C(=O)CC(O)C2(C)C(=O)CCC12. The molecule has 2 saturated carbocycles. The van der Waals surface area contributed by atoms with Crippen LogP contribution in [0.25, 0.3) is 0 Å². The van der Waals surface area contributed by atoms with E-state index in [0.29, 0.717) is 24.0 Å². The van der Waals surface area contributed by atoms with E-state index in [2.05, 4.69) is 0 Å². The highest BCUT2D eigenvalue weighted by molar-refractivity contribution is 5.93. The largest absolute Gasteiger partial charge is 0.504 e. The van der Waals surface area contributed by atoms with Crippen molar-refractivity contribution in [2.75, 3.05) is 0 Å². The topological polar surface area (TPSA) is 115 Å². The summed E-state index contributed by atoms with van der Waals surface area (Å²) in [6.45, 7) is 3.43. The second kappa shape index (κ2) is 6.11. The third-order valence-corrected chi connectivity index (χ3v) is 6.27. The molecule has 6 nitrogen and oxygen atoms in total. The van der Waals surface area contributed by atoms with E-state index >= 15 is 0 Å². The zero-order chi connectivity index (χ0) is 18.5. The molecule has 0 bridgehead atoms. The first kappa shape index (κ1) is 17.9. The number of carbonyl (C=O) groups is 2. The molecule has 1 aromatic rings. The summed E-state index contributed by atoms with van der Waals surface area (Å²) in [6, 6.07) is 3.00. The Morgan fingerprint density at radius 3 is 2.64 bits per heavy atom. The summed E-state index contributed by atoms with van der Waals surface area (Å²) >= 11 is 0. The van der Waals surface area contributed by atoms with Crippen LogP contribution in [0.2, 0.25) is 0 Å². The van der Waals surface area contributed by atoms with Gasteiger partial charge in [0, 0.05) is 30.7 Å². The minimum Gasteiger partial charge on any atom is -0.504 e. The molecule has 2 aliphatic carbocycles. The van der Waals surface area contributed by atoms with Gasteiger partial charge in [-0.2, -0.15) is 0 Å². The fourth-order valence-corrected chi connectivity index (χ4v) is 4.61. The van der Waals surface area contributed by atoms with Crippen molar-refractivity contribution in [3.05, 3.63) is 23.3 Å². The molecule has 6 heteroatoms. The van der Waals surface area contributed by atoms with E-state index in [-0.39, 0.29) is 35.9 Å². The van der Waals surface area contributed by atoms with Gasteiger partial charge in [0.05, 0.1) is 17.6 Å². The van der Waals surface area contributed by atoms with E-state index in [0.717, 1.165) is 0 Å². The minimum atomic E-state index is -1.10. The van der Waals surface area contributed by atoms with Crippen molar-refractivity contribution in [1.29, 1.82) is 0 Å². The van der Waals surface area contributed by atoms with Crippen LogP contribution in [0.5, 0.6) is 11.5 Å². The molecule has 0 radical (unpaired) electrons. The molecule has 0 saturated heterocycles. The van der Waals surface area contributed by atoms with Gasteiger partial charge in [0.25, 0.3) is 0 Å². The smallest absolute Gasteiger partial charge is 0.161 e. The predicted molar refractivity (Wildman–Crippen MR) is 89.2 cm³/mol. The molecular formula is C19H24O6. The molecule has 0 heterocycles. The lowest BCUT2D eigenvalue weighted by Crippen LogP contribution is -2.54. The molecule has 4 N–H and O–H groups in total. The van der Waals surface area contributed by atoms with Gasteiger partial charge in [-0.15, -0.1) is 0 Å². The van der Waals surface area contributed by atoms with Crippen LogP contribution in [0.15, 0.2) is 12.1 Å². The third kappa shape index (κ3) is 2.64. The third-order valence-electron chi connectivity index (χ3n) is 6.27. The van der Waals surface area contributed by atoms with E-state index in [4.69, 9.17) is 0 Å². The van der Waals surface area contributed by atoms with Crippen LogP contribution < -0.4 is 0 Å². The van der Waals surface area contributed by atoms with Crippen molar-refractivity contribution < 1.29 is 30.0 Å². The van der Waals surface area contributed by atoms with Gasteiger partial charge in [-0.25, -0.2) is 0 Å². The van der Waals surface area contributed by atoms with Crippen LogP contribution in [-0.4, -0.2) is 44.2 Å². The van der Waals surface area contributed by atoms with Crippen molar-refractivity contribution in [1.82, 2.24) is 0 Å². The molecule has 0 amide bonds. The van der Waals surface area contributed by atoms with Crippen molar-refractivity contribution in [2.45, 2.75) is 51.7 Å². The van der Waals surface area contributed by atoms with E-state index in [1.165, 1.54) is 6.07 Å². The van der Waals surface area contributed by atoms with Gasteiger partial charge >= 0.3 is 0 Å². The summed E-state index contributed by atoms with van der Waals surface area (Å²) in [7, 11) is 0. The van der Waals surface area contributed by atoms with Crippen molar-refractivity contribution in [3.63, 3.8) is 0 Å². The van der Waals surface area contributed by atoms with Crippen molar-refractivity contribution in [3.8, 4) is 11.5 Å². The average molecular weight is 348 g/mol. The molecule has 136 valence electrons. The molecular weight excluding hydrogens is 324 g/mol. The van der Waals surface area contributed by atoms with Gasteiger partial charge in [0.2, 0.25) is 0 Å². The molecule has 0 spiro atoms. The number of rotatable bonds is 3. The van der Waals surface area contributed by atoms with Gasteiger partial charge < -0.3 is 20.4 Å². The first-order valence-electron chi connectivity index (χ1n) is 8.60. The van der Waals surface area contributed by atoms with Crippen LogP contribution in [0, 0.1) is 24.2 Å². The Morgan fingerprint density at radius 1 is 1.28 bits per heavy atom. The molecule has 2 fully saturated rings. The normalized spacial score (nSPS) is 33.4. The number of hydrogen-bond acceptors (Lipinski definition) is 6. The molecule has 0 aliphatic heterocycles. The second-order valence-electron chi connectivity index (χ2n) is 7.56. The fraction of sp³-hybridized carbons (Fsp3) is 0.579. The maximum absolute atomic E-state index is 12.5. The Balaban J connectivity index is 1.92. The quantitative estimate of drug-likeness (QED) is 0.611. The zero-order valence-electron chi connectivity index (χ0n) is 14.4. The Kier molecular flexibility index (Phi) is 4.37. The van der Waals surface area contributed by atoms with E-state index in [1.54, 1.807) is 19.9 Å². The van der Waals surface area contributed by atoms with E-state index < -0.39 is 29.5 Å². The van der Waals surface area contributed by atoms with Crippen LogP contribution in [0.4, 0.5) is 0 Å². The number of carbonyl (C=O) groups excluding carboxylic acids is 2. The molecule has 1 aromatic carbocycles. The van der Waals surface area contributed by atoms with Crippen LogP contribution in [-0.2, 0) is 16.0 Å². The molecule has 0 aromatic heterocycles. The number of phenolic OH excluding ortho intramolecular Hbond substituents is 2. The van der Waals surface area contributed by atoms with Crippen molar-refractivity contribution in [2.24, 2.45) is 17.3 Å². The lowest BCUT2D eigenvalue weighted by atomic mass is 9.60. The van der Waals surface area contributed by atoms with E-state index in [1.807, 2.05) is 0 Å². The van der Waals surface area contributed by atoms with Gasteiger partial charge in [0.1, 0.15) is 11.6 Å². The van der Waals surface area contributed by atoms with Gasteiger partial charge in [-0.3, -0.25) is 9.59 Å². The number of aromatic hydroxyl groups is 2. The number of ketones is 2. The van der Waals surface area contributed by atoms with Crippen LogP contribution in [0.3, 0.4) is 0 Å². The highest BCUT2D eigenvalue weighted by Gasteiger charge is 2.59. The number of benzene rings is 1. The second-order valence-corrected chi connectivity index (χ2v) is 7.56. The Bertz CT molecular complexity index is 727. The van der Waals surface area contributed by atoms with Gasteiger partial charge in [0.15, 0.2) is 11.5 Å². The fourth-order valence-electron chi connectivity index (χ4n) is 4.61. The summed E-state index contributed by atoms with van der Waals surface area (Å²) in [5.41, 5.74) is 0.0792. The monoisotopic (exact) mass is 348 g/mol. The summed E-state index contributed by atoms with van der Waals surface area (Å²) in [4.78, 5) is 24.8. The van der Waals surface area contributed by atoms with Crippen LogP contribution in [0.1, 0.15) is 37.3 Å². The molecule has 2 aliphatic rings. The highest BCUT2D eigenvalue weighted by Crippen LogP contribution is 2.52. The van der Waals surface area contributed by atoms with E-state index in [9.17, 15) is 30.0 Å². The number of Topliss-reactive ketones (excluding diaryl/α,β-unsaturated/α-hetero) is 2. The first-order valence-corrected chi connectivity index (χ1v) is 8.60. The standard InChI is InChI=1S/C19H24O6/c1-9-3-5-12(20)18(25)10(9)7-13(21)17-11-4-6-15(23)19(11,2)16(24)8-14(17)22/h3,5,11,13,16-17,20-21,24-25H,4,6-8H2,1-2H3. The summed E-state index contributed by atoms with van der Waals surface area (Å²) in [5, 5.41) is 40.8. The van der Waals surface area contributed by atoms with Gasteiger partial charge in [-0.05, 0) is 37.8 Å². The average Bonchev–Trinajstić information content (AvgIpc) is 2.85. The lowest BCUT2D eigenvalue weighted by Gasteiger charge is -2.44. The molecule has 25 heavy (non-hydrogen) atoms. The lowest BCUT2D eigenvalue weighted by molar-refractivity contribution is -0.154. The highest BCUT2D eigenvalue weighted by atomic mass is 16.3. The number of hydrogen-bond donors (Lipinski definition) is 4. The number of phenols is 2. The molecule has 5 unspecified atom stereocenters. The number of aryl methyl sites for hydroxylation is 1. The summed E-state index contributed by atoms with van der Waals surface area (Å²) < 4.78 is 0. The number of aliphatic hydroxyl groups excluding tert-OH is 2. The number of aliphatic hydroxyl groups is 2. The number of fused-ring (bicyclic) bond motifs is 1. The van der Waals surface area contributed by atoms with Gasteiger partial charge in [-0.1, -0.05) is 6.07 Å². The summed E-state index contributed by atoms with van der Waals surface area (Å²) in [5.74, 6) is -2.07. The molecule has 5 atom stereocenters. The summed E-state index contributed by atoms with van der Waals surface area (Å²) in [6.07, 6.45) is -1.50. The van der Waals surface area contributed by atoms with Crippen molar-refractivity contribution >= 4 is 11.6 Å². The Hall–Kier alpha value is -1.92. The molecule has 3 rings (SSSR count). The maximum atomic E-state index is 12.5. The zero-order valence-corrected chi connectivity index (χ0v) is 14.4.